The maximum atomic E-state index is 7.97. The monoisotopic (exact) mass is 208 g/mol. The zero-order valence-corrected chi connectivity index (χ0v) is 10.3. The standard InChI is InChI=1S/C13H24N2/c1-9(2)13(14)15(3)8-12-7-10-4-5-11(12)6-10/h9-12,14H,4-8H2,1-3H3. The van der Waals surface area contributed by atoms with Crippen LogP contribution in [-0.2, 0) is 0 Å². The highest BCUT2D eigenvalue weighted by Crippen LogP contribution is 2.48. The lowest BCUT2D eigenvalue weighted by atomic mass is 9.88. The van der Waals surface area contributed by atoms with E-state index in [9.17, 15) is 0 Å². The third kappa shape index (κ3) is 2.19. The van der Waals surface area contributed by atoms with Crippen LogP contribution in [-0.4, -0.2) is 24.3 Å². The number of hydrogen-bond acceptors (Lipinski definition) is 1. The van der Waals surface area contributed by atoms with Crippen LogP contribution in [0.5, 0.6) is 0 Å². The molecule has 86 valence electrons. The van der Waals surface area contributed by atoms with Gasteiger partial charge in [0.05, 0.1) is 5.84 Å². The lowest BCUT2D eigenvalue weighted by molar-refractivity contribution is 0.271. The van der Waals surface area contributed by atoms with Gasteiger partial charge in [-0.1, -0.05) is 20.3 Å². The molecule has 2 rings (SSSR count). The number of fused-ring (bicyclic) bond motifs is 2. The van der Waals surface area contributed by atoms with Gasteiger partial charge < -0.3 is 4.90 Å². The molecule has 2 fully saturated rings. The van der Waals surface area contributed by atoms with Gasteiger partial charge in [-0.2, -0.15) is 0 Å². The van der Waals surface area contributed by atoms with Crippen molar-refractivity contribution in [1.29, 1.82) is 5.41 Å². The first-order chi connectivity index (χ1) is 7.08. The van der Waals surface area contributed by atoms with Crippen molar-refractivity contribution in [3.63, 3.8) is 0 Å². The van der Waals surface area contributed by atoms with Gasteiger partial charge in [-0.15, -0.1) is 0 Å². The molecule has 3 unspecified atom stereocenters. The van der Waals surface area contributed by atoms with Crippen LogP contribution in [0.25, 0.3) is 0 Å². The fraction of sp³-hybridized carbons (Fsp3) is 0.923. The molecule has 0 aromatic rings. The van der Waals surface area contributed by atoms with Crippen LogP contribution in [0.1, 0.15) is 39.5 Å². The number of nitrogens with one attached hydrogen (secondary N) is 1. The molecule has 0 heterocycles. The van der Waals surface area contributed by atoms with E-state index in [1.807, 2.05) is 0 Å². The molecule has 2 nitrogen and oxygen atoms in total. The third-order valence-corrected chi connectivity index (χ3v) is 4.35. The lowest BCUT2D eigenvalue weighted by Crippen LogP contribution is -2.35. The van der Waals surface area contributed by atoms with E-state index in [1.54, 1.807) is 0 Å². The normalized spacial score (nSPS) is 33.7. The van der Waals surface area contributed by atoms with Crippen molar-refractivity contribution >= 4 is 5.84 Å². The van der Waals surface area contributed by atoms with E-state index >= 15 is 0 Å². The van der Waals surface area contributed by atoms with Gasteiger partial charge in [-0.25, -0.2) is 0 Å². The van der Waals surface area contributed by atoms with Crippen molar-refractivity contribution in [3.05, 3.63) is 0 Å². The predicted molar refractivity (Wildman–Crippen MR) is 64.1 cm³/mol. The molecule has 0 aromatic carbocycles. The minimum absolute atomic E-state index is 0.369. The van der Waals surface area contributed by atoms with Gasteiger partial charge in [-0.05, 0) is 37.0 Å². The number of nitrogens with zero attached hydrogens (tertiary/aromatic N) is 1. The first-order valence-corrected chi connectivity index (χ1v) is 6.37. The average Bonchev–Trinajstić information content (AvgIpc) is 2.77. The maximum absolute atomic E-state index is 7.97. The average molecular weight is 208 g/mol. The molecule has 0 radical (unpaired) electrons. The molecule has 2 heteroatoms. The molecule has 15 heavy (non-hydrogen) atoms. The zero-order chi connectivity index (χ0) is 11.0. The molecule has 1 N–H and O–H groups in total. The minimum atomic E-state index is 0.369. The zero-order valence-electron chi connectivity index (χ0n) is 10.3. The molecule has 0 aromatic heterocycles. The van der Waals surface area contributed by atoms with Gasteiger partial charge in [-0.3, -0.25) is 5.41 Å². The summed E-state index contributed by atoms with van der Waals surface area (Å²) in [6, 6.07) is 0. The fourth-order valence-electron chi connectivity index (χ4n) is 3.49. The summed E-state index contributed by atoms with van der Waals surface area (Å²) >= 11 is 0. The summed E-state index contributed by atoms with van der Waals surface area (Å²) in [5.41, 5.74) is 0. The number of amidine groups is 1. The van der Waals surface area contributed by atoms with Gasteiger partial charge in [0.1, 0.15) is 0 Å². The van der Waals surface area contributed by atoms with Crippen molar-refractivity contribution < 1.29 is 0 Å². The summed E-state index contributed by atoms with van der Waals surface area (Å²) in [6.45, 7) is 5.34. The Balaban J connectivity index is 1.84. The number of rotatable bonds is 3. The van der Waals surface area contributed by atoms with Crippen molar-refractivity contribution in [2.75, 3.05) is 13.6 Å². The smallest absolute Gasteiger partial charge is 0.0981 e. The van der Waals surface area contributed by atoms with Gasteiger partial charge in [0, 0.05) is 19.5 Å². The van der Waals surface area contributed by atoms with Gasteiger partial charge >= 0.3 is 0 Å². The van der Waals surface area contributed by atoms with Crippen LogP contribution >= 0.6 is 0 Å². The summed E-state index contributed by atoms with van der Waals surface area (Å²) in [4.78, 5) is 2.18. The third-order valence-electron chi connectivity index (χ3n) is 4.35. The van der Waals surface area contributed by atoms with Crippen LogP contribution in [0.4, 0.5) is 0 Å². The van der Waals surface area contributed by atoms with Gasteiger partial charge in [0.25, 0.3) is 0 Å². The molecule has 0 amide bonds. The lowest BCUT2D eigenvalue weighted by Gasteiger charge is -2.29. The van der Waals surface area contributed by atoms with Crippen LogP contribution in [0, 0.1) is 29.1 Å². The van der Waals surface area contributed by atoms with Crippen LogP contribution in [0.15, 0.2) is 0 Å². The summed E-state index contributed by atoms with van der Waals surface area (Å²) < 4.78 is 0. The van der Waals surface area contributed by atoms with E-state index in [0.717, 1.165) is 30.1 Å². The Hall–Kier alpha value is -0.530. The molecule has 2 saturated carbocycles. The SMILES string of the molecule is CC(C)C(=N)N(C)CC1CC2CCC1C2. The molecular weight excluding hydrogens is 184 g/mol. The van der Waals surface area contributed by atoms with E-state index in [0.29, 0.717) is 5.92 Å². The van der Waals surface area contributed by atoms with Gasteiger partial charge in [0.15, 0.2) is 0 Å². The molecule has 2 bridgehead atoms. The molecule has 0 saturated heterocycles. The summed E-state index contributed by atoms with van der Waals surface area (Å²) in [5.74, 6) is 4.07. The van der Waals surface area contributed by atoms with Crippen LogP contribution < -0.4 is 0 Å². The Morgan fingerprint density at radius 2 is 2.07 bits per heavy atom. The maximum Gasteiger partial charge on any atom is 0.0981 e. The molecular formula is C13H24N2. The Bertz CT molecular complexity index is 247. The van der Waals surface area contributed by atoms with Crippen molar-refractivity contribution in [2.24, 2.45) is 23.7 Å². The second-order valence-electron chi connectivity index (χ2n) is 5.86. The van der Waals surface area contributed by atoms with E-state index in [-0.39, 0.29) is 0 Å². The summed E-state index contributed by atoms with van der Waals surface area (Å²) in [7, 11) is 2.09. The molecule has 3 atom stereocenters. The Morgan fingerprint density at radius 1 is 1.33 bits per heavy atom. The highest BCUT2D eigenvalue weighted by atomic mass is 15.1. The van der Waals surface area contributed by atoms with E-state index < -0.39 is 0 Å². The Labute approximate surface area is 93.6 Å². The quantitative estimate of drug-likeness (QED) is 0.560. The van der Waals surface area contributed by atoms with Gasteiger partial charge in [0.2, 0.25) is 0 Å². The van der Waals surface area contributed by atoms with Crippen molar-refractivity contribution in [3.8, 4) is 0 Å². The van der Waals surface area contributed by atoms with E-state index in [4.69, 9.17) is 5.41 Å². The second-order valence-corrected chi connectivity index (χ2v) is 5.86. The first-order valence-electron chi connectivity index (χ1n) is 6.37. The number of hydrogen-bond donors (Lipinski definition) is 1. The molecule has 0 spiro atoms. The summed E-state index contributed by atoms with van der Waals surface area (Å²) in [5, 5.41) is 7.97. The van der Waals surface area contributed by atoms with E-state index in [1.165, 1.54) is 25.7 Å². The molecule has 2 aliphatic carbocycles. The van der Waals surface area contributed by atoms with Crippen LogP contribution in [0.3, 0.4) is 0 Å². The molecule has 2 aliphatic rings. The summed E-state index contributed by atoms with van der Waals surface area (Å²) in [6.07, 6.45) is 5.85. The highest BCUT2D eigenvalue weighted by molar-refractivity contribution is 5.80. The topological polar surface area (TPSA) is 27.1 Å². The van der Waals surface area contributed by atoms with Crippen LogP contribution in [0.2, 0.25) is 0 Å². The Kier molecular flexibility index (Phi) is 3.03. The Morgan fingerprint density at radius 3 is 2.53 bits per heavy atom. The second kappa shape index (κ2) is 4.15. The minimum Gasteiger partial charge on any atom is -0.363 e. The fourth-order valence-corrected chi connectivity index (χ4v) is 3.49. The van der Waals surface area contributed by atoms with Crippen molar-refractivity contribution in [2.45, 2.75) is 39.5 Å². The van der Waals surface area contributed by atoms with Crippen molar-refractivity contribution in [1.82, 2.24) is 4.90 Å². The van der Waals surface area contributed by atoms with E-state index in [2.05, 4.69) is 25.8 Å². The first kappa shape index (κ1) is 11.0. The largest absolute Gasteiger partial charge is 0.363 e. The highest BCUT2D eigenvalue weighted by Gasteiger charge is 2.39. The predicted octanol–water partition coefficient (Wildman–Crippen LogP) is 2.99. The molecule has 0 aliphatic heterocycles.